The van der Waals surface area contributed by atoms with Gasteiger partial charge in [-0.25, -0.2) is 0 Å². The molecule has 1 aromatic carbocycles. The van der Waals surface area contributed by atoms with Gasteiger partial charge in [-0.05, 0) is 24.0 Å². The lowest BCUT2D eigenvalue weighted by atomic mass is 9.86. The third-order valence-electron chi connectivity index (χ3n) is 3.32. The van der Waals surface area contributed by atoms with Gasteiger partial charge in [-0.3, -0.25) is 4.79 Å². The van der Waals surface area contributed by atoms with Gasteiger partial charge in [-0.15, -0.1) is 0 Å². The molecule has 1 aliphatic carbocycles. The van der Waals surface area contributed by atoms with Gasteiger partial charge < -0.3 is 4.98 Å². The maximum absolute atomic E-state index is 11.8. The van der Waals surface area contributed by atoms with Crippen molar-refractivity contribution in [2.45, 2.75) is 25.7 Å². The molecule has 1 aromatic heterocycles. The van der Waals surface area contributed by atoms with Crippen molar-refractivity contribution < 1.29 is 4.79 Å². The lowest BCUT2D eigenvalue weighted by Crippen LogP contribution is -2.12. The zero-order valence-electron chi connectivity index (χ0n) is 8.71. The van der Waals surface area contributed by atoms with Crippen LogP contribution < -0.4 is 0 Å². The van der Waals surface area contributed by atoms with Crippen LogP contribution >= 0.6 is 0 Å². The highest BCUT2D eigenvalue weighted by Gasteiger charge is 2.26. The Balaban J connectivity index is 2.38. The van der Waals surface area contributed by atoms with E-state index in [2.05, 4.69) is 18.0 Å². The normalized spacial score (nSPS) is 20.6. The van der Waals surface area contributed by atoms with Gasteiger partial charge in [0.05, 0.1) is 5.69 Å². The summed E-state index contributed by atoms with van der Waals surface area (Å²) in [7, 11) is 0. The summed E-state index contributed by atoms with van der Waals surface area (Å²) < 4.78 is 0. The number of Topliss-reactive ketones (excluding diaryl/α,β-unsaturated/α-hetero) is 1. The molecule has 0 spiro atoms. The number of hydrogen-bond acceptors (Lipinski definition) is 1. The molecule has 0 radical (unpaired) electrons. The van der Waals surface area contributed by atoms with E-state index >= 15 is 0 Å². The van der Waals surface area contributed by atoms with Crippen molar-refractivity contribution in [2.75, 3.05) is 0 Å². The fourth-order valence-electron chi connectivity index (χ4n) is 2.51. The predicted octanol–water partition coefficient (Wildman–Crippen LogP) is 3.25. The van der Waals surface area contributed by atoms with Crippen LogP contribution in [-0.2, 0) is 0 Å². The fourth-order valence-corrected chi connectivity index (χ4v) is 2.51. The molecule has 15 heavy (non-hydrogen) atoms. The van der Waals surface area contributed by atoms with Crippen molar-refractivity contribution in [3.05, 3.63) is 35.5 Å². The second kappa shape index (κ2) is 2.96. The van der Waals surface area contributed by atoms with Crippen molar-refractivity contribution in [3.8, 4) is 0 Å². The SMILES string of the molecule is CC1CCC(=O)c2[nH]c3ccccc3c21. The van der Waals surface area contributed by atoms with Crippen LogP contribution in [0.3, 0.4) is 0 Å². The average Bonchev–Trinajstić information content (AvgIpc) is 2.64. The summed E-state index contributed by atoms with van der Waals surface area (Å²) in [5.41, 5.74) is 3.15. The molecule has 1 aliphatic rings. The Morgan fingerprint density at radius 3 is 3.00 bits per heavy atom. The maximum Gasteiger partial charge on any atom is 0.179 e. The number of aromatic nitrogens is 1. The number of fused-ring (bicyclic) bond motifs is 3. The number of H-pyrrole nitrogens is 1. The molecule has 1 unspecified atom stereocenters. The standard InChI is InChI=1S/C13H13NO/c1-8-6-7-11(15)13-12(8)9-4-2-3-5-10(9)14-13/h2-5,8,14H,6-7H2,1H3. The molecule has 1 heterocycles. The first-order valence-corrected chi connectivity index (χ1v) is 5.41. The molecule has 76 valence electrons. The van der Waals surface area contributed by atoms with Crippen molar-refractivity contribution >= 4 is 16.7 Å². The van der Waals surface area contributed by atoms with E-state index in [0.29, 0.717) is 12.3 Å². The summed E-state index contributed by atoms with van der Waals surface area (Å²) in [6.45, 7) is 2.20. The average molecular weight is 199 g/mol. The van der Waals surface area contributed by atoms with E-state index in [1.54, 1.807) is 0 Å². The van der Waals surface area contributed by atoms with Gasteiger partial charge in [0, 0.05) is 17.3 Å². The van der Waals surface area contributed by atoms with Crippen LogP contribution in [-0.4, -0.2) is 10.8 Å². The number of hydrogen-bond donors (Lipinski definition) is 1. The van der Waals surface area contributed by atoms with Crippen molar-refractivity contribution in [1.29, 1.82) is 0 Å². The molecule has 0 saturated carbocycles. The van der Waals surface area contributed by atoms with Crippen LogP contribution in [0.25, 0.3) is 10.9 Å². The molecule has 0 fully saturated rings. The van der Waals surface area contributed by atoms with Gasteiger partial charge in [-0.1, -0.05) is 25.1 Å². The summed E-state index contributed by atoms with van der Waals surface area (Å²) >= 11 is 0. The molecule has 0 bridgehead atoms. The molecule has 0 aliphatic heterocycles. The molecule has 0 amide bonds. The molecule has 2 nitrogen and oxygen atoms in total. The second-order valence-corrected chi connectivity index (χ2v) is 4.32. The first kappa shape index (κ1) is 8.72. The molecule has 0 saturated heterocycles. The minimum atomic E-state index is 0.263. The molecule has 2 heteroatoms. The molecule has 2 aromatic rings. The van der Waals surface area contributed by atoms with Gasteiger partial charge in [0.2, 0.25) is 0 Å². The number of ketones is 1. The van der Waals surface area contributed by atoms with Crippen LogP contribution in [0, 0.1) is 0 Å². The Hall–Kier alpha value is -1.57. The summed E-state index contributed by atoms with van der Waals surface area (Å²) in [5.74, 6) is 0.758. The third-order valence-corrected chi connectivity index (χ3v) is 3.32. The largest absolute Gasteiger partial charge is 0.352 e. The number of para-hydroxylation sites is 1. The van der Waals surface area contributed by atoms with E-state index < -0.39 is 0 Å². The fraction of sp³-hybridized carbons (Fsp3) is 0.308. The van der Waals surface area contributed by atoms with E-state index in [1.807, 2.05) is 18.2 Å². The van der Waals surface area contributed by atoms with Crippen molar-refractivity contribution in [3.63, 3.8) is 0 Å². The quantitative estimate of drug-likeness (QED) is 0.694. The van der Waals surface area contributed by atoms with Crippen LogP contribution in [0.5, 0.6) is 0 Å². The third kappa shape index (κ3) is 1.14. The number of nitrogens with one attached hydrogen (secondary N) is 1. The number of aromatic amines is 1. The van der Waals surface area contributed by atoms with Crippen molar-refractivity contribution in [1.82, 2.24) is 4.98 Å². The van der Waals surface area contributed by atoms with E-state index in [0.717, 1.165) is 17.6 Å². The minimum absolute atomic E-state index is 0.263. The van der Waals surface area contributed by atoms with Gasteiger partial charge in [0.15, 0.2) is 5.78 Å². The summed E-state index contributed by atoms with van der Waals surface area (Å²) in [5, 5.41) is 1.22. The zero-order valence-corrected chi connectivity index (χ0v) is 8.71. The zero-order chi connectivity index (χ0) is 10.4. The smallest absolute Gasteiger partial charge is 0.179 e. The van der Waals surface area contributed by atoms with Crippen LogP contribution in [0.4, 0.5) is 0 Å². The molecule has 3 rings (SSSR count). The topological polar surface area (TPSA) is 32.9 Å². The van der Waals surface area contributed by atoms with E-state index in [9.17, 15) is 4.79 Å². The summed E-state index contributed by atoms with van der Waals surface area (Å²) in [4.78, 5) is 15.0. The van der Waals surface area contributed by atoms with Crippen LogP contribution in [0.2, 0.25) is 0 Å². The maximum atomic E-state index is 11.8. The highest BCUT2D eigenvalue weighted by molar-refractivity contribution is 6.03. The molecule has 1 N–H and O–H groups in total. The molecule has 1 atom stereocenters. The number of rotatable bonds is 0. The van der Waals surface area contributed by atoms with E-state index in [4.69, 9.17) is 0 Å². The number of carbonyl (C=O) groups is 1. The second-order valence-electron chi connectivity index (χ2n) is 4.32. The molecular formula is C13H13NO. The Morgan fingerprint density at radius 1 is 1.33 bits per heavy atom. The lowest BCUT2D eigenvalue weighted by molar-refractivity contribution is 0.0964. The minimum Gasteiger partial charge on any atom is -0.352 e. The lowest BCUT2D eigenvalue weighted by Gasteiger charge is -2.17. The van der Waals surface area contributed by atoms with Gasteiger partial charge in [0.1, 0.15) is 0 Å². The Labute approximate surface area is 88.3 Å². The first-order chi connectivity index (χ1) is 7.27. The Kier molecular flexibility index (Phi) is 1.72. The summed E-state index contributed by atoms with van der Waals surface area (Å²) in [6, 6.07) is 8.16. The van der Waals surface area contributed by atoms with Crippen LogP contribution in [0.15, 0.2) is 24.3 Å². The first-order valence-electron chi connectivity index (χ1n) is 5.41. The number of benzene rings is 1. The van der Waals surface area contributed by atoms with Crippen molar-refractivity contribution in [2.24, 2.45) is 0 Å². The number of carbonyl (C=O) groups excluding carboxylic acids is 1. The highest BCUT2D eigenvalue weighted by atomic mass is 16.1. The highest BCUT2D eigenvalue weighted by Crippen LogP contribution is 2.36. The molecular weight excluding hydrogens is 186 g/mol. The Morgan fingerprint density at radius 2 is 2.13 bits per heavy atom. The summed E-state index contributed by atoms with van der Waals surface area (Å²) in [6.07, 6.45) is 1.66. The Bertz CT molecular complexity index is 538. The van der Waals surface area contributed by atoms with E-state index in [1.165, 1.54) is 10.9 Å². The van der Waals surface area contributed by atoms with Gasteiger partial charge >= 0.3 is 0 Å². The van der Waals surface area contributed by atoms with Gasteiger partial charge in [0.25, 0.3) is 0 Å². The van der Waals surface area contributed by atoms with E-state index in [-0.39, 0.29) is 5.78 Å². The monoisotopic (exact) mass is 199 g/mol. The van der Waals surface area contributed by atoms with Gasteiger partial charge in [-0.2, -0.15) is 0 Å². The van der Waals surface area contributed by atoms with Crippen LogP contribution in [0.1, 0.15) is 41.7 Å². The predicted molar refractivity (Wildman–Crippen MR) is 60.3 cm³/mol.